The van der Waals surface area contributed by atoms with Crippen LogP contribution in [0.25, 0.3) is 0 Å². The first-order valence-corrected chi connectivity index (χ1v) is 10.1. The second-order valence-electron chi connectivity index (χ2n) is 7.69. The van der Waals surface area contributed by atoms with Crippen LogP contribution < -0.4 is 5.32 Å². The van der Waals surface area contributed by atoms with E-state index in [0.29, 0.717) is 32.8 Å². The van der Waals surface area contributed by atoms with Crippen molar-refractivity contribution < 1.29 is 22.7 Å². The lowest BCUT2D eigenvalue weighted by molar-refractivity contribution is -0.137. The van der Waals surface area contributed by atoms with Gasteiger partial charge in [-0.2, -0.15) is 13.2 Å². The molecule has 1 unspecified atom stereocenters. The van der Waals surface area contributed by atoms with Gasteiger partial charge >= 0.3 is 6.18 Å². The van der Waals surface area contributed by atoms with Gasteiger partial charge in [0.2, 0.25) is 5.91 Å². The van der Waals surface area contributed by atoms with Crippen molar-refractivity contribution in [2.45, 2.75) is 32.5 Å². The van der Waals surface area contributed by atoms with E-state index < -0.39 is 11.7 Å². The average Bonchev–Trinajstić information content (AvgIpc) is 2.71. The van der Waals surface area contributed by atoms with Crippen LogP contribution in [0.5, 0.6) is 0 Å². The lowest BCUT2D eigenvalue weighted by atomic mass is 10.0. The molecule has 0 bridgehead atoms. The van der Waals surface area contributed by atoms with E-state index >= 15 is 0 Å². The van der Waals surface area contributed by atoms with Crippen LogP contribution >= 0.6 is 0 Å². The molecule has 0 radical (unpaired) electrons. The molecule has 162 valence electrons. The van der Waals surface area contributed by atoms with Crippen LogP contribution in [0.15, 0.2) is 42.5 Å². The fourth-order valence-corrected chi connectivity index (χ4v) is 3.68. The molecule has 1 amide bonds. The van der Waals surface area contributed by atoms with Crippen LogP contribution in [0.2, 0.25) is 0 Å². The fraction of sp³-hybridized carbons (Fsp3) is 0.435. The Hall–Kier alpha value is -2.38. The van der Waals surface area contributed by atoms with Gasteiger partial charge in [0.15, 0.2) is 0 Å². The summed E-state index contributed by atoms with van der Waals surface area (Å²) in [6, 6.07) is 11.0. The van der Waals surface area contributed by atoms with Gasteiger partial charge in [-0.15, -0.1) is 0 Å². The number of rotatable bonds is 6. The van der Waals surface area contributed by atoms with Crippen molar-refractivity contribution in [3.63, 3.8) is 0 Å². The molecule has 1 atom stereocenters. The van der Waals surface area contributed by atoms with E-state index in [0.717, 1.165) is 34.4 Å². The Morgan fingerprint density at radius 3 is 2.40 bits per heavy atom. The molecular formula is C23H27F3N2O2. The lowest BCUT2D eigenvalue weighted by Gasteiger charge is -2.35. The third-order valence-electron chi connectivity index (χ3n) is 5.46. The lowest BCUT2D eigenvalue weighted by Crippen LogP contribution is -2.44. The minimum absolute atomic E-state index is 0.103. The van der Waals surface area contributed by atoms with E-state index in [4.69, 9.17) is 4.74 Å². The number of nitrogens with zero attached hydrogens (tertiary/aromatic N) is 1. The average molecular weight is 420 g/mol. The van der Waals surface area contributed by atoms with E-state index in [1.54, 1.807) is 0 Å². The van der Waals surface area contributed by atoms with Gasteiger partial charge in [-0.1, -0.05) is 35.9 Å². The Balaban J connectivity index is 1.71. The van der Waals surface area contributed by atoms with Gasteiger partial charge in [0.05, 0.1) is 31.2 Å². The number of hydrogen-bond donors (Lipinski definition) is 1. The van der Waals surface area contributed by atoms with Gasteiger partial charge < -0.3 is 10.1 Å². The topological polar surface area (TPSA) is 41.6 Å². The number of nitrogens with one attached hydrogen (secondary N) is 1. The minimum atomic E-state index is -4.37. The van der Waals surface area contributed by atoms with Gasteiger partial charge in [0, 0.05) is 19.6 Å². The van der Waals surface area contributed by atoms with Crippen molar-refractivity contribution in [1.29, 1.82) is 0 Å². The van der Waals surface area contributed by atoms with Crippen LogP contribution in [-0.2, 0) is 22.1 Å². The highest BCUT2D eigenvalue weighted by molar-refractivity contribution is 5.79. The molecule has 2 aromatic rings. The number of alkyl halides is 3. The number of carbonyl (C=O) groups excluding carboxylic acids is 1. The molecule has 0 spiro atoms. The van der Waals surface area contributed by atoms with Gasteiger partial charge in [0.1, 0.15) is 0 Å². The number of ether oxygens (including phenoxy) is 1. The largest absolute Gasteiger partial charge is 0.416 e. The monoisotopic (exact) mass is 420 g/mol. The molecule has 2 aromatic carbocycles. The summed E-state index contributed by atoms with van der Waals surface area (Å²) in [5, 5.41) is 2.97. The molecule has 1 aliphatic heterocycles. The number of carbonyl (C=O) groups is 1. The predicted molar refractivity (Wildman–Crippen MR) is 109 cm³/mol. The van der Waals surface area contributed by atoms with Crippen LogP contribution in [0.1, 0.15) is 33.9 Å². The first-order chi connectivity index (χ1) is 14.2. The molecule has 1 saturated heterocycles. The van der Waals surface area contributed by atoms with Gasteiger partial charge in [-0.05, 0) is 42.7 Å². The van der Waals surface area contributed by atoms with Crippen LogP contribution in [0.4, 0.5) is 13.2 Å². The summed E-state index contributed by atoms with van der Waals surface area (Å²) in [5.74, 6) is -0.103. The van der Waals surface area contributed by atoms with Crippen LogP contribution in [0.3, 0.4) is 0 Å². The van der Waals surface area contributed by atoms with Gasteiger partial charge in [-0.3, -0.25) is 9.69 Å². The maximum Gasteiger partial charge on any atom is 0.416 e. The zero-order chi connectivity index (χ0) is 21.7. The molecule has 3 rings (SSSR count). The number of morpholine rings is 1. The van der Waals surface area contributed by atoms with E-state index in [-0.39, 0.29) is 18.4 Å². The highest BCUT2D eigenvalue weighted by atomic mass is 19.4. The number of halogens is 3. The van der Waals surface area contributed by atoms with Gasteiger partial charge in [0.25, 0.3) is 0 Å². The molecule has 4 nitrogen and oxygen atoms in total. The van der Waals surface area contributed by atoms with E-state index in [9.17, 15) is 18.0 Å². The van der Waals surface area contributed by atoms with Crippen molar-refractivity contribution in [3.8, 4) is 0 Å². The summed E-state index contributed by atoms with van der Waals surface area (Å²) in [5.41, 5.74) is 3.20. The third-order valence-corrected chi connectivity index (χ3v) is 5.46. The fourth-order valence-electron chi connectivity index (χ4n) is 3.68. The zero-order valence-electron chi connectivity index (χ0n) is 17.3. The number of benzene rings is 2. The quantitative estimate of drug-likeness (QED) is 0.767. The summed E-state index contributed by atoms with van der Waals surface area (Å²) in [6.07, 6.45) is -4.09. The van der Waals surface area contributed by atoms with Crippen molar-refractivity contribution in [2.24, 2.45) is 0 Å². The van der Waals surface area contributed by atoms with Crippen molar-refractivity contribution >= 4 is 5.91 Å². The van der Waals surface area contributed by atoms with Crippen molar-refractivity contribution in [1.82, 2.24) is 10.2 Å². The maximum atomic E-state index is 12.9. The number of amides is 1. The summed E-state index contributed by atoms with van der Waals surface area (Å²) < 4.78 is 44.1. The Morgan fingerprint density at radius 2 is 1.77 bits per heavy atom. The Morgan fingerprint density at radius 1 is 1.10 bits per heavy atom. The number of aryl methyl sites for hydroxylation is 2. The molecule has 0 saturated carbocycles. The Kier molecular flexibility index (Phi) is 7.15. The second-order valence-corrected chi connectivity index (χ2v) is 7.69. The first-order valence-electron chi connectivity index (χ1n) is 10.1. The predicted octanol–water partition coefficient (Wildman–Crippen LogP) is 4.05. The normalized spacial score (nSPS) is 16.3. The van der Waals surface area contributed by atoms with Crippen LogP contribution in [0, 0.1) is 13.8 Å². The molecule has 0 aliphatic carbocycles. The zero-order valence-corrected chi connectivity index (χ0v) is 17.3. The molecule has 7 heteroatoms. The molecular weight excluding hydrogens is 393 g/mol. The Bertz CT molecular complexity index is 860. The van der Waals surface area contributed by atoms with E-state index in [2.05, 4.69) is 10.2 Å². The molecule has 1 aliphatic rings. The third kappa shape index (κ3) is 5.83. The summed E-state index contributed by atoms with van der Waals surface area (Å²) in [6.45, 7) is 6.74. The molecule has 1 fully saturated rings. The summed E-state index contributed by atoms with van der Waals surface area (Å²) in [7, 11) is 0. The smallest absolute Gasteiger partial charge is 0.379 e. The molecule has 0 aromatic heterocycles. The number of hydrogen-bond acceptors (Lipinski definition) is 3. The summed E-state index contributed by atoms with van der Waals surface area (Å²) in [4.78, 5) is 14.7. The van der Waals surface area contributed by atoms with E-state index in [1.807, 2.05) is 32.0 Å². The summed E-state index contributed by atoms with van der Waals surface area (Å²) >= 11 is 0. The molecule has 30 heavy (non-hydrogen) atoms. The first kappa shape index (κ1) is 22.3. The maximum absolute atomic E-state index is 12.9. The highest BCUT2D eigenvalue weighted by Crippen LogP contribution is 2.31. The second kappa shape index (κ2) is 9.62. The van der Waals surface area contributed by atoms with Gasteiger partial charge in [-0.25, -0.2) is 0 Å². The minimum Gasteiger partial charge on any atom is -0.379 e. The SMILES string of the molecule is Cc1ccc(C)c(CC(=O)NCC(c2ccc(C(F)(F)F)cc2)N2CCOCC2)c1. The van der Waals surface area contributed by atoms with Crippen molar-refractivity contribution in [2.75, 3.05) is 32.8 Å². The molecule has 1 N–H and O–H groups in total. The van der Waals surface area contributed by atoms with E-state index in [1.165, 1.54) is 12.1 Å². The standard InChI is InChI=1S/C23H27F3N2O2/c1-16-3-4-17(2)19(13-16)14-22(29)27-15-21(28-9-11-30-12-10-28)18-5-7-20(8-6-18)23(24,25)26/h3-8,13,21H,9-12,14-15H2,1-2H3,(H,27,29). The van der Waals surface area contributed by atoms with Crippen molar-refractivity contribution in [3.05, 3.63) is 70.3 Å². The highest BCUT2D eigenvalue weighted by Gasteiger charge is 2.31. The molecule has 1 heterocycles. The van der Waals surface area contributed by atoms with Crippen LogP contribution in [-0.4, -0.2) is 43.7 Å². The Labute approximate surface area is 175 Å².